The van der Waals surface area contributed by atoms with Crippen molar-refractivity contribution >= 4 is 11.9 Å². The number of dihydropyridines is 1. The first-order valence-electron chi connectivity index (χ1n) is 7.54. The molecule has 1 atom stereocenters. The Kier molecular flexibility index (Phi) is 5.60. The van der Waals surface area contributed by atoms with Crippen LogP contribution in [0.1, 0.15) is 25.3 Å². The van der Waals surface area contributed by atoms with Gasteiger partial charge in [-0.15, -0.1) is 6.42 Å². The lowest BCUT2D eigenvalue weighted by Crippen LogP contribution is -2.32. The number of ether oxygens (including phenoxy) is 2. The molecule has 0 bridgehead atoms. The summed E-state index contributed by atoms with van der Waals surface area (Å²) in [7, 11) is 1.22. The number of rotatable bonds is 4. The normalized spacial score (nSPS) is 16.8. The summed E-state index contributed by atoms with van der Waals surface area (Å²) in [6.07, 6.45) is 5.13. The van der Waals surface area contributed by atoms with Gasteiger partial charge in [0.2, 0.25) is 0 Å². The quantitative estimate of drug-likeness (QED) is 0.672. The molecule has 130 valence electrons. The molecule has 6 heteroatoms. The minimum absolute atomic E-state index is 0.117. The molecule has 0 spiro atoms. The van der Waals surface area contributed by atoms with Crippen LogP contribution in [0.25, 0.3) is 0 Å². The fourth-order valence-corrected chi connectivity index (χ4v) is 2.85. The first-order chi connectivity index (χ1) is 11.9. The molecule has 0 saturated carbocycles. The first kappa shape index (κ1) is 18.3. The maximum Gasteiger partial charge on any atom is 0.337 e. The lowest BCUT2D eigenvalue weighted by Gasteiger charge is -2.30. The maximum absolute atomic E-state index is 14.5. The molecule has 1 unspecified atom stereocenters. The van der Waals surface area contributed by atoms with Crippen LogP contribution in [0.3, 0.4) is 0 Å². The van der Waals surface area contributed by atoms with Crippen molar-refractivity contribution in [2.24, 2.45) is 0 Å². The molecule has 1 aromatic carbocycles. The average molecular weight is 343 g/mol. The van der Waals surface area contributed by atoms with Crippen molar-refractivity contribution in [2.75, 3.05) is 13.7 Å². The third kappa shape index (κ3) is 3.56. The molecule has 0 aromatic heterocycles. The van der Waals surface area contributed by atoms with Gasteiger partial charge in [0.15, 0.2) is 6.61 Å². The number of terminal acetylenes is 1. The van der Waals surface area contributed by atoms with Crippen molar-refractivity contribution in [1.29, 1.82) is 0 Å². The van der Waals surface area contributed by atoms with Crippen LogP contribution in [-0.2, 0) is 19.1 Å². The largest absolute Gasteiger partial charge is 0.466 e. The Morgan fingerprint density at radius 1 is 1.20 bits per heavy atom. The number of hydrogen-bond donors (Lipinski definition) is 1. The number of methoxy groups -OCH3 is 1. The van der Waals surface area contributed by atoms with E-state index in [2.05, 4.69) is 11.2 Å². The molecule has 1 N–H and O–H groups in total. The Hall–Kier alpha value is -3.07. The molecule has 25 heavy (non-hydrogen) atoms. The van der Waals surface area contributed by atoms with E-state index in [0.717, 1.165) is 0 Å². The molecule has 2 rings (SSSR count). The molecule has 0 amide bonds. The molecule has 0 aliphatic carbocycles. The highest BCUT2D eigenvalue weighted by Crippen LogP contribution is 2.40. The van der Waals surface area contributed by atoms with Crippen LogP contribution in [0.4, 0.5) is 4.39 Å². The van der Waals surface area contributed by atoms with Crippen molar-refractivity contribution in [1.82, 2.24) is 5.32 Å². The molecule has 0 radical (unpaired) electrons. The zero-order chi connectivity index (χ0) is 18.6. The Morgan fingerprint density at radius 2 is 1.80 bits per heavy atom. The number of hydrogen-bond acceptors (Lipinski definition) is 5. The minimum atomic E-state index is -0.958. The monoisotopic (exact) mass is 343 g/mol. The first-order valence-corrected chi connectivity index (χ1v) is 7.54. The summed E-state index contributed by atoms with van der Waals surface area (Å²) in [5.41, 5.74) is 1.37. The zero-order valence-corrected chi connectivity index (χ0v) is 14.2. The topological polar surface area (TPSA) is 64.6 Å². The van der Waals surface area contributed by atoms with Crippen LogP contribution in [0.15, 0.2) is 46.8 Å². The van der Waals surface area contributed by atoms with Gasteiger partial charge >= 0.3 is 11.9 Å². The van der Waals surface area contributed by atoms with Crippen molar-refractivity contribution < 1.29 is 23.5 Å². The predicted octanol–water partition coefficient (Wildman–Crippen LogP) is 2.41. The van der Waals surface area contributed by atoms with E-state index in [1.54, 1.807) is 19.9 Å². The highest BCUT2D eigenvalue weighted by Gasteiger charge is 2.38. The van der Waals surface area contributed by atoms with Gasteiger partial charge in [0, 0.05) is 17.0 Å². The second kappa shape index (κ2) is 7.67. The summed E-state index contributed by atoms with van der Waals surface area (Å²) < 4.78 is 24.3. The van der Waals surface area contributed by atoms with Gasteiger partial charge in [0.25, 0.3) is 0 Å². The van der Waals surface area contributed by atoms with Gasteiger partial charge in [0.1, 0.15) is 5.82 Å². The number of halogens is 1. The van der Waals surface area contributed by atoms with E-state index in [4.69, 9.17) is 15.9 Å². The summed E-state index contributed by atoms with van der Waals surface area (Å²) >= 11 is 0. The van der Waals surface area contributed by atoms with E-state index in [1.165, 1.54) is 25.3 Å². The van der Waals surface area contributed by atoms with Crippen LogP contribution in [0.5, 0.6) is 0 Å². The highest BCUT2D eigenvalue weighted by atomic mass is 19.1. The van der Waals surface area contributed by atoms with E-state index in [9.17, 15) is 14.0 Å². The van der Waals surface area contributed by atoms with Crippen LogP contribution < -0.4 is 5.32 Å². The van der Waals surface area contributed by atoms with Gasteiger partial charge in [0.05, 0.1) is 24.2 Å². The highest BCUT2D eigenvalue weighted by molar-refractivity contribution is 5.99. The fraction of sp³-hybridized carbons (Fsp3) is 0.263. The van der Waals surface area contributed by atoms with Gasteiger partial charge in [-0.3, -0.25) is 0 Å². The number of carbonyl (C=O) groups is 2. The molecule has 1 aliphatic heterocycles. The van der Waals surface area contributed by atoms with Gasteiger partial charge < -0.3 is 14.8 Å². The zero-order valence-electron chi connectivity index (χ0n) is 14.2. The molecule has 1 aromatic rings. The van der Waals surface area contributed by atoms with Crippen LogP contribution >= 0.6 is 0 Å². The third-order valence-electron chi connectivity index (χ3n) is 3.89. The Morgan fingerprint density at radius 3 is 2.36 bits per heavy atom. The summed E-state index contributed by atoms with van der Waals surface area (Å²) in [6.45, 7) is 3.08. The number of allylic oxidation sites excluding steroid dienone is 2. The smallest absolute Gasteiger partial charge is 0.337 e. The van der Waals surface area contributed by atoms with Gasteiger partial charge in [-0.1, -0.05) is 24.1 Å². The summed E-state index contributed by atoms with van der Waals surface area (Å²) in [5.74, 6) is -0.669. The van der Waals surface area contributed by atoms with Gasteiger partial charge in [-0.2, -0.15) is 0 Å². The van der Waals surface area contributed by atoms with Crippen molar-refractivity contribution in [3.05, 3.63) is 58.2 Å². The van der Waals surface area contributed by atoms with Crippen LogP contribution in [0, 0.1) is 18.2 Å². The molecule has 5 nitrogen and oxygen atoms in total. The number of esters is 2. The summed E-state index contributed by atoms with van der Waals surface area (Å²) in [4.78, 5) is 24.8. The number of benzene rings is 1. The molecule has 1 heterocycles. The SMILES string of the molecule is C#CCOC(=O)C1=C(C)NC(C)=C(C(=O)OC)C1c1ccccc1F. The predicted molar refractivity (Wildman–Crippen MR) is 89.5 cm³/mol. The summed E-state index contributed by atoms with van der Waals surface area (Å²) in [6, 6.07) is 5.94. The second-order valence-corrected chi connectivity index (χ2v) is 5.43. The maximum atomic E-state index is 14.5. The molecular weight excluding hydrogens is 325 g/mol. The Bertz CT molecular complexity index is 817. The molecule has 1 aliphatic rings. The lowest BCUT2D eigenvalue weighted by atomic mass is 9.80. The summed E-state index contributed by atoms with van der Waals surface area (Å²) in [5, 5.41) is 2.95. The van der Waals surface area contributed by atoms with Crippen molar-refractivity contribution in [3.63, 3.8) is 0 Å². The fourth-order valence-electron chi connectivity index (χ4n) is 2.85. The average Bonchev–Trinajstić information content (AvgIpc) is 2.59. The van der Waals surface area contributed by atoms with E-state index in [1.807, 2.05) is 0 Å². The van der Waals surface area contributed by atoms with Crippen LogP contribution in [-0.4, -0.2) is 25.7 Å². The molecule has 0 saturated heterocycles. The molecule has 0 fully saturated rings. The van der Waals surface area contributed by atoms with E-state index >= 15 is 0 Å². The van der Waals surface area contributed by atoms with Crippen molar-refractivity contribution in [2.45, 2.75) is 19.8 Å². The number of nitrogens with one attached hydrogen (secondary N) is 1. The van der Waals surface area contributed by atoms with E-state index in [0.29, 0.717) is 11.4 Å². The Balaban J connectivity index is 2.66. The van der Waals surface area contributed by atoms with Crippen molar-refractivity contribution in [3.8, 4) is 12.3 Å². The number of carbonyl (C=O) groups excluding carboxylic acids is 2. The van der Waals surface area contributed by atoms with Gasteiger partial charge in [-0.05, 0) is 19.9 Å². The van der Waals surface area contributed by atoms with E-state index in [-0.39, 0.29) is 23.3 Å². The van der Waals surface area contributed by atoms with Crippen LogP contribution in [0.2, 0.25) is 0 Å². The minimum Gasteiger partial charge on any atom is -0.466 e. The third-order valence-corrected chi connectivity index (χ3v) is 3.89. The van der Waals surface area contributed by atoms with E-state index < -0.39 is 23.7 Å². The second-order valence-electron chi connectivity index (χ2n) is 5.43. The standard InChI is InChI=1S/C19H18FNO4/c1-5-10-25-19(23)16-12(3)21-11(2)15(18(22)24-4)17(16)13-8-6-7-9-14(13)20/h1,6-9,17,21H,10H2,2-4H3. The lowest BCUT2D eigenvalue weighted by molar-refractivity contribution is -0.138. The van der Waals surface area contributed by atoms with Gasteiger partial charge in [-0.25, -0.2) is 14.0 Å². The molecular formula is C19H18FNO4. The Labute approximate surface area is 145 Å².